The molecule has 1 amide bonds. The van der Waals surface area contributed by atoms with Gasteiger partial charge in [0.05, 0.1) is 12.5 Å². The number of nitrogens with zero attached hydrogens (tertiary/aromatic N) is 4. The van der Waals surface area contributed by atoms with E-state index in [9.17, 15) is 13.2 Å². The number of carbonyl (C=O) groups excluding carboxylic acids is 1. The molecular formula is C13H23N5O3S. The van der Waals surface area contributed by atoms with E-state index in [2.05, 4.69) is 10.4 Å². The SMILES string of the molecule is CNC(C(=O)N1CCCN(S(C)(=O)=O)CC1)c1cnn(C)c1. The molecule has 1 aliphatic heterocycles. The molecule has 1 N–H and O–H groups in total. The van der Waals surface area contributed by atoms with Gasteiger partial charge in [0.25, 0.3) is 0 Å². The van der Waals surface area contributed by atoms with Crippen LogP contribution >= 0.6 is 0 Å². The van der Waals surface area contributed by atoms with Crippen molar-refractivity contribution in [1.29, 1.82) is 0 Å². The van der Waals surface area contributed by atoms with Crippen LogP contribution < -0.4 is 5.32 Å². The van der Waals surface area contributed by atoms with Gasteiger partial charge in [-0.2, -0.15) is 5.10 Å². The summed E-state index contributed by atoms with van der Waals surface area (Å²) >= 11 is 0. The van der Waals surface area contributed by atoms with Crippen LogP contribution in [-0.2, 0) is 21.9 Å². The van der Waals surface area contributed by atoms with Crippen LogP contribution in [0.4, 0.5) is 0 Å². The Morgan fingerprint density at radius 3 is 2.59 bits per heavy atom. The fourth-order valence-electron chi connectivity index (χ4n) is 2.65. The molecule has 0 radical (unpaired) electrons. The number of aryl methyl sites for hydroxylation is 1. The van der Waals surface area contributed by atoms with E-state index in [1.807, 2.05) is 0 Å². The Bertz CT molecular complexity index is 627. The summed E-state index contributed by atoms with van der Waals surface area (Å²) in [4.78, 5) is 14.4. The Kier molecular flexibility index (Phi) is 5.20. The molecule has 9 heteroatoms. The van der Waals surface area contributed by atoms with Crippen molar-refractivity contribution in [3.05, 3.63) is 18.0 Å². The molecule has 0 aliphatic carbocycles. The number of hydrogen-bond acceptors (Lipinski definition) is 5. The summed E-state index contributed by atoms with van der Waals surface area (Å²) in [6, 6.07) is -0.460. The Morgan fingerprint density at radius 1 is 1.32 bits per heavy atom. The van der Waals surface area contributed by atoms with Crippen LogP contribution in [0.15, 0.2) is 12.4 Å². The Hall–Kier alpha value is -1.45. The third-order valence-corrected chi connectivity index (χ3v) is 5.13. The van der Waals surface area contributed by atoms with E-state index >= 15 is 0 Å². The van der Waals surface area contributed by atoms with E-state index < -0.39 is 16.1 Å². The number of rotatable bonds is 4. The maximum absolute atomic E-state index is 12.7. The molecule has 124 valence electrons. The molecule has 0 aromatic carbocycles. The number of likely N-dealkylation sites (N-methyl/N-ethyl adjacent to an activating group) is 1. The molecular weight excluding hydrogens is 306 g/mol. The molecule has 8 nitrogen and oxygen atoms in total. The minimum Gasteiger partial charge on any atom is -0.340 e. The second kappa shape index (κ2) is 6.76. The Labute approximate surface area is 131 Å². The number of sulfonamides is 1. The lowest BCUT2D eigenvalue weighted by Crippen LogP contribution is -2.42. The second-order valence-corrected chi connectivity index (χ2v) is 7.49. The molecule has 1 fully saturated rings. The first-order chi connectivity index (χ1) is 10.3. The average Bonchev–Trinajstić information content (AvgIpc) is 2.73. The third kappa shape index (κ3) is 3.84. The van der Waals surface area contributed by atoms with Crippen LogP contribution in [0.5, 0.6) is 0 Å². The second-order valence-electron chi connectivity index (χ2n) is 5.51. The molecule has 1 aromatic rings. The zero-order chi connectivity index (χ0) is 16.3. The van der Waals surface area contributed by atoms with Crippen molar-refractivity contribution in [2.75, 3.05) is 39.5 Å². The summed E-state index contributed by atoms with van der Waals surface area (Å²) in [5.41, 5.74) is 0.805. The van der Waals surface area contributed by atoms with Crippen molar-refractivity contribution < 1.29 is 13.2 Å². The molecule has 1 saturated heterocycles. The molecule has 2 rings (SSSR count). The number of carbonyl (C=O) groups is 1. The van der Waals surface area contributed by atoms with Gasteiger partial charge in [0.15, 0.2) is 0 Å². The third-order valence-electron chi connectivity index (χ3n) is 3.83. The van der Waals surface area contributed by atoms with Gasteiger partial charge in [-0.15, -0.1) is 0 Å². The molecule has 1 aromatic heterocycles. The standard InChI is InChI=1S/C13H23N5O3S/c1-14-12(11-9-15-16(2)10-11)13(19)17-5-4-6-18(8-7-17)22(3,20)21/h9-10,12,14H,4-8H2,1-3H3. The first kappa shape index (κ1) is 16.9. The fourth-order valence-corrected chi connectivity index (χ4v) is 3.52. The minimum atomic E-state index is -3.21. The van der Waals surface area contributed by atoms with Gasteiger partial charge >= 0.3 is 0 Å². The summed E-state index contributed by atoms with van der Waals surface area (Å²) in [5, 5.41) is 7.11. The average molecular weight is 329 g/mol. The van der Waals surface area contributed by atoms with Crippen molar-refractivity contribution in [3.63, 3.8) is 0 Å². The molecule has 1 aliphatic rings. The molecule has 22 heavy (non-hydrogen) atoms. The smallest absolute Gasteiger partial charge is 0.244 e. The highest BCUT2D eigenvalue weighted by atomic mass is 32.2. The first-order valence-corrected chi connectivity index (χ1v) is 9.07. The number of aromatic nitrogens is 2. The predicted octanol–water partition coefficient (Wildman–Crippen LogP) is -0.825. The maximum Gasteiger partial charge on any atom is 0.244 e. The van der Waals surface area contributed by atoms with Crippen LogP contribution in [0.2, 0.25) is 0 Å². The zero-order valence-electron chi connectivity index (χ0n) is 13.2. The highest BCUT2D eigenvalue weighted by Gasteiger charge is 2.29. The van der Waals surface area contributed by atoms with Crippen LogP contribution in [0.1, 0.15) is 18.0 Å². The summed E-state index contributed by atoms with van der Waals surface area (Å²) in [7, 11) is 0.328. The zero-order valence-corrected chi connectivity index (χ0v) is 14.0. The van der Waals surface area contributed by atoms with Gasteiger partial charge in [0.2, 0.25) is 15.9 Å². The largest absolute Gasteiger partial charge is 0.340 e. The van der Waals surface area contributed by atoms with E-state index in [0.29, 0.717) is 32.6 Å². The Balaban J connectivity index is 2.08. The lowest BCUT2D eigenvalue weighted by atomic mass is 10.1. The minimum absolute atomic E-state index is 0.0501. The number of hydrogen-bond donors (Lipinski definition) is 1. The van der Waals surface area contributed by atoms with Gasteiger partial charge < -0.3 is 10.2 Å². The summed E-state index contributed by atoms with van der Waals surface area (Å²) < 4.78 is 26.3. The van der Waals surface area contributed by atoms with Gasteiger partial charge in [-0.1, -0.05) is 0 Å². The molecule has 0 bridgehead atoms. The number of amides is 1. The van der Waals surface area contributed by atoms with Crippen molar-refractivity contribution in [1.82, 2.24) is 24.3 Å². The van der Waals surface area contributed by atoms with Gasteiger partial charge in [-0.25, -0.2) is 12.7 Å². The van der Waals surface area contributed by atoms with Crippen LogP contribution in [0.25, 0.3) is 0 Å². The van der Waals surface area contributed by atoms with E-state index in [1.165, 1.54) is 10.6 Å². The fraction of sp³-hybridized carbons (Fsp3) is 0.692. The van der Waals surface area contributed by atoms with Crippen LogP contribution in [-0.4, -0.2) is 72.8 Å². The summed E-state index contributed by atoms with van der Waals surface area (Å²) in [6.45, 7) is 1.77. The quantitative estimate of drug-likeness (QED) is 0.779. The van der Waals surface area contributed by atoms with E-state index in [-0.39, 0.29) is 5.91 Å². The molecule has 0 saturated carbocycles. The van der Waals surface area contributed by atoms with Gasteiger partial charge in [-0.3, -0.25) is 9.48 Å². The summed E-state index contributed by atoms with van der Waals surface area (Å²) in [6.07, 6.45) is 5.32. The van der Waals surface area contributed by atoms with E-state index in [0.717, 1.165) is 5.56 Å². The van der Waals surface area contributed by atoms with Crippen molar-refractivity contribution in [2.24, 2.45) is 7.05 Å². The lowest BCUT2D eigenvalue weighted by molar-refractivity contribution is -0.133. The normalized spacial score (nSPS) is 19.0. The predicted molar refractivity (Wildman–Crippen MR) is 82.6 cm³/mol. The molecule has 1 atom stereocenters. The van der Waals surface area contributed by atoms with Crippen LogP contribution in [0, 0.1) is 0 Å². The molecule has 0 spiro atoms. The Morgan fingerprint density at radius 2 is 2.05 bits per heavy atom. The van der Waals surface area contributed by atoms with Crippen LogP contribution in [0.3, 0.4) is 0 Å². The molecule has 1 unspecified atom stereocenters. The van der Waals surface area contributed by atoms with Crippen molar-refractivity contribution >= 4 is 15.9 Å². The highest BCUT2D eigenvalue weighted by molar-refractivity contribution is 7.88. The highest BCUT2D eigenvalue weighted by Crippen LogP contribution is 2.16. The monoisotopic (exact) mass is 329 g/mol. The first-order valence-electron chi connectivity index (χ1n) is 7.22. The van der Waals surface area contributed by atoms with Gasteiger partial charge in [-0.05, 0) is 13.5 Å². The topological polar surface area (TPSA) is 87.5 Å². The lowest BCUT2D eigenvalue weighted by Gasteiger charge is -2.25. The summed E-state index contributed by atoms with van der Waals surface area (Å²) in [5.74, 6) is -0.0501. The van der Waals surface area contributed by atoms with Crippen molar-refractivity contribution in [3.8, 4) is 0 Å². The number of nitrogens with one attached hydrogen (secondary N) is 1. The van der Waals surface area contributed by atoms with Gasteiger partial charge in [0.1, 0.15) is 6.04 Å². The maximum atomic E-state index is 12.7. The van der Waals surface area contributed by atoms with E-state index in [1.54, 1.807) is 36.1 Å². The van der Waals surface area contributed by atoms with Crippen molar-refractivity contribution in [2.45, 2.75) is 12.5 Å². The van der Waals surface area contributed by atoms with E-state index in [4.69, 9.17) is 0 Å². The molecule has 2 heterocycles. The van der Waals surface area contributed by atoms with Gasteiger partial charge in [0, 0.05) is 45.0 Å².